The molecule has 3 rings (SSSR count). The Morgan fingerprint density at radius 2 is 1.37 bits per heavy atom. The highest BCUT2D eigenvalue weighted by molar-refractivity contribution is 7.53. The van der Waals surface area contributed by atoms with Gasteiger partial charge in [-0.15, -0.1) is 0 Å². The molecule has 0 aromatic heterocycles. The van der Waals surface area contributed by atoms with Gasteiger partial charge < -0.3 is 23.3 Å². The molecular formula is C30H35O7P. The number of ether oxygens (including phenoxy) is 3. The Kier molecular flexibility index (Phi) is 11.6. The standard InChI is InChI=1S/C30H35O7P/c1-4-30(31)37-27(23-38(32,35-5-2)36-6-3)19-26-17-18-28(33-21-24-13-9-7-10-14-24)29(20-26)34-22-25-15-11-8-12-16-25/h4,7-18,20,27H,1,5-6,19,21-23H2,2-3H3. The first kappa shape index (κ1) is 29.2. The number of benzene rings is 3. The van der Waals surface area contributed by atoms with Crippen molar-refractivity contribution in [3.05, 3.63) is 108 Å². The molecular weight excluding hydrogens is 503 g/mol. The molecule has 0 fully saturated rings. The van der Waals surface area contributed by atoms with Crippen molar-refractivity contribution in [3.8, 4) is 11.5 Å². The van der Waals surface area contributed by atoms with Crippen LogP contribution >= 0.6 is 7.60 Å². The molecule has 0 heterocycles. The number of esters is 1. The van der Waals surface area contributed by atoms with E-state index < -0.39 is 19.7 Å². The predicted molar refractivity (Wildman–Crippen MR) is 147 cm³/mol. The molecule has 38 heavy (non-hydrogen) atoms. The molecule has 8 heteroatoms. The van der Waals surface area contributed by atoms with Gasteiger partial charge in [-0.25, -0.2) is 4.79 Å². The summed E-state index contributed by atoms with van der Waals surface area (Å²) < 4.78 is 41.8. The molecule has 0 spiro atoms. The van der Waals surface area contributed by atoms with Gasteiger partial charge in [0.05, 0.1) is 19.4 Å². The van der Waals surface area contributed by atoms with Crippen molar-refractivity contribution in [1.29, 1.82) is 0 Å². The molecule has 0 aliphatic rings. The van der Waals surface area contributed by atoms with Crippen LogP contribution in [0.15, 0.2) is 91.5 Å². The Morgan fingerprint density at radius 3 is 1.89 bits per heavy atom. The van der Waals surface area contributed by atoms with Crippen LogP contribution in [0.1, 0.15) is 30.5 Å². The third-order valence-electron chi connectivity index (χ3n) is 5.47. The molecule has 1 atom stereocenters. The van der Waals surface area contributed by atoms with Gasteiger partial charge in [0.15, 0.2) is 11.5 Å². The van der Waals surface area contributed by atoms with E-state index in [1.54, 1.807) is 13.8 Å². The Bertz CT molecular complexity index is 1190. The zero-order valence-corrected chi connectivity index (χ0v) is 22.8. The van der Waals surface area contributed by atoms with Gasteiger partial charge in [-0.05, 0) is 42.7 Å². The third-order valence-corrected chi connectivity index (χ3v) is 7.63. The summed E-state index contributed by atoms with van der Waals surface area (Å²) in [7, 11) is -3.47. The molecule has 3 aromatic carbocycles. The highest BCUT2D eigenvalue weighted by Crippen LogP contribution is 2.49. The monoisotopic (exact) mass is 538 g/mol. The van der Waals surface area contributed by atoms with Gasteiger partial charge in [0.2, 0.25) is 0 Å². The maximum atomic E-state index is 13.2. The van der Waals surface area contributed by atoms with Crippen molar-refractivity contribution in [2.75, 3.05) is 19.4 Å². The summed E-state index contributed by atoms with van der Waals surface area (Å²) in [6.07, 6.45) is 0.502. The summed E-state index contributed by atoms with van der Waals surface area (Å²) in [4.78, 5) is 12.1. The van der Waals surface area contributed by atoms with E-state index in [4.69, 9.17) is 23.3 Å². The third kappa shape index (κ3) is 9.49. The van der Waals surface area contributed by atoms with Crippen molar-refractivity contribution in [1.82, 2.24) is 0 Å². The fourth-order valence-corrected chi connectivity index (χ4v) is 5.56. The smallest absolute Gasteiger partial charge is 0.334 e. The van der Waals surface area contributed by atoms with Crippen molar-refractivity contribution >= 4 is 13.6 Å². The summed E-state index contributed by atoms with van der Waals surface area (Å²) in [5.74, 6) is 0.522. The lowest BCUT2D eigenvalue weighted by Gasteiger charge is -2.23. The van der Waals surface area contributed by atoms with Gasteiger partial charge in [0.1, 0.15) is 19.3 Å². The number of hydrogen-bond acceptors (Lipinski definition) is 7. The minimum absolute atomic E-state index is 0.0826. The van der Waals surface area contributed by atoms with Gasteiger partial charge >= 0.3 is 13.6 Å². The summed E-state index contributed by atoms with van der Waals surface area (Å²) in [5.41, 5.74) is 2.85. The summed E-state index contributed by atoms with van der Waals surface area (Å²) in [6.45, 7) is 8.11. The van der Waals surface area contributed by atoms with Crippen LogP contribution < -0.4 is 9.47 Å². The first-order chi connectivity index (χ1) is 18.4. The highest BCUT2D eigenvalue weighted by atomic mass is 31.2. The predicted octanol–water partition coefficient (Wildman–Crippen LogP) is 6.75. The molecule has 0 radical (unpaired) electrons. The number of carbonyl (C=O) groups is 1. The van der Waals surface area contributed by atoms with Crippen molar-refractivity contribution in [2.24, 2.45) is 0 Å². The van der Waals surface area contributed by atoms with E-state index in [-0.39, 0.29) is 25.8 Å². The van der Waals surface area contributed by atoms with Crippen LogP contribution in [-0.2, 0) is 42.8 Å². The minimum atomic E-state index is -3.47. The lowest BCUT2D eigenvalue weighted by Crippen LogP contribution is -2.25. The van der Waals surface area contributed by atoms with Crippen molar-refractivity contribution < 1.29 is 32.6 Å². The lowest BCUT2D eigenvalue weighted by molar-refractivity contribution is -0.141. The van der Waals surface area contributed by atoms with E-state index in [2.05, 4.69) is 6.58 Å². The molecule has 202 valence electrons. The van der Waals surface area contributed by atoms with Gasteiger partial charge in [-0.2, -0.15) is 0 Å². The molecule has 0 amide bonds. The molecule has 1 unspecified atom stereocenters. The van der Waals surface area contributed by atoms with E-state index in [0.29, 0.717) is 24.7 Å². The Labute approximate surface area is 224 Å². The summed E-state index contributed by atoms with van der Waals surface area (Å²) >= 11 is 0. The maximum Gasteiger partial charge on any atom is 0.334 e. The van der Waals surface area contributed by atoms with Gasteiger partial charge in [-0.1, -0.05) is 73.3 Å². The fraction of sp³-hybridized carbons (Fsp3) is 0.300. The Balaban J connectivity index is 1.84. The molecule has 0 N–H and O–H groups in total. The second kappa shape index (κ2) is 15.1. The lowest BCUT2D eigenvalue weighted by atomic mass is 10.1. The largest absolute Gasteiger partial charge is 0.485 e. The van der Waals surface area contributed by atoms with Crippen LogP contribution in [0.4, 0.5) is 0 Å². The minimum Gasteiger partial charge on any atom is -0.485 e. The van der Waals surface area contributed by atoms with Crippen LogP contribution in [-0.4, -0.2) is 31.4 Å². The molecule has 3 aromatic rings. The zero-order chi connectivity index (χ0) is 27.2. The molecule has 0 bridgehead atoms. The zero-order valence-electron chi connectivity index (χ0n) is 21.9. The SMILES string of the molecule is C=CC(=O)OC(Cc1ccc(OCc2ccccc2)c(OCc2ccccc2)c1)CP(=O)(OCC)OCC. The molecule has 0 saturated heterocycles. The molecule has 0 saturated carbocycles. The van der Waals surface area contributed by atoms with E-state index in [0.717, 1.165) is 22.8 Å². The first-order valence-corrected chi connectivity index (χ1v) is 14.3. The van der Waals surface area contributed by atoms with Gasteiger partial charge in [-0.3, -0.25) is 4.57 Å². The van der Waals surface area contributed by atoms with Gasteiger partial charge in [0, 0.05) is 12.5 Å². The second-order valence-corrected chi connectivity index (χ2v) is 10.5. The fourth-order valence-electron chi connectivity index (χ4n) is 3.79. The van der Waals surface area contributed by atoms with E-state index >= 15 is 0 Å². The molecule has 0 aliphatic heterocycles. The Hall–Kier alpha value is -3.38. The molecule has 0 aliphatic carbocycles. The second-order valence-electron chi connectivity index (χ2n) is 8.43. The average molecular weight is 539 g/mol. The average Bonchev–Trinajstić information content (AvgIpc) is 2.92. The van der Waals surface area contributed by atoms with Crippen LogP contribution in [0.5, 0.6) is 11.5 Å². The first-order valence-electron chi connectivity index (χ1n) is 12.6. The maximum absolute atomic E-state index is 13.2. The van der Waals surface area contributed by atoms with Crippen molar-refractivity contribution in [3.63, 3.8) is 0 Å². The van der Waals surface area contributed by atoms with E-state index in [1.165, 1.54) is 0 Å². The number of rotatable bonds is 16. The quantitative estimate of drug-likeness (QED) is 0.113. The van der Waals surface area contributed by atoms with Crippen LogP contribution in [0.3, 0.4) is 0 Å². The van der Waals surface area contributed by atoms with E-state index in [9.17, 15) is 9.36 Å². The molecule has 7 nitrogen and oxygen atoms in total. The number of carbonyl (C=O) groups excluding carboxylic acids is 1. The van der Waals surface area contributed by atoms with Crippen LogP contribution in [0.25, 0.3) is 0 Å². The van der Waals surface area contributed by atoms with Gasteiger partial charge in [0.25, 0.3) is 0 Å². The van der Waals surface area contributed by atoms with Crippen molar-refractivity contribution in [2.45, 2.75) is 39.6 Å². The normalized spacial score (nSPS) is 11.9. The Morgan fingerprint density at radius 1 is 0.816 bits per heavy atom. The topological polar surface area (TPSA) is 80.3 Å². The van der Waals surface area contributed by atoms with Crippen LogP contribution in [0, 0.1) is 0 Å². The van der Waals surface area contributed by atoms with Crippen LogP contribution in [0.2, 0.25) is 0 Å². The summed E-state index contributed by atoms with van der Waals surface area (Å²) in [6, 6.07) is 25.2. The highest BCUT2D eigenvalue weighted by Gasteiger charge is 2.31. The number of hydrogen-bond donors (Lipinski definition) is 0. The summed E-state index contributed by atoms with van der Waals surface area (Å²) in [5, 5.41) is 0. The van der Waals surface area contributed by atoms with E-state index in [1.807, 2.05) is 78.9 Å².